The molecule has 26 heavy (non-hydrogen) atoms. The number of aromatic amines is 2. The summed E-state index contributed by atoms with van der Waals surface area (Å²) in [6.07, 6.45) is 1.81. The van der Waals surface area contributed by atoms with Crippen LogP contribution in [0, 0.1) is 6.92 Å². The van der Waals surface area contributed by atoms with E-state index in [0.29, 0.717) is 6.04 Å². The van der Waals surface area contributed by atoms with Gasteiger partial charge < -0.3 is 9.97 Å². The Labute approximate surface area is 154 Å². The van der Waals surface area contributed by atoms with Gasteiger partial charge in [0.15, 0.2) is 5.65 Å². The van der Waals surface area contributed by atoms with E-state index in [1.165, 1.54) is 10.9 Å². The highest BCUT2D eigenvalue weighted by Crippen LogP contribution is 2.29. The van der Waals surface area contributed by atoms with Gasteiger partial charge in [0.05, 0.1) is 5.52 Å². The Kier molecular flexibility index (Phi) is 4.83. The van der Waals surface area contributed by atoms with E-state index in [1.54, 1.807) is 0 Å². The standard InChI is InChI=1S/C20H23N5.CH4/c1-12(2)25(4)11-14-5-6-17-15(9-14)10-18(24-17)16-7-8-21-20-19(16)22-13(3)23-20;/h5-10,12,24H,11H2,1-4H3,(H,21,22,23);1H4. The van der Waals surface area contributed by atoms with Crippen molar-refractivity contribution in [3.05, 3.63) is 47.9 Å². The Hall–Kier alpha value is -2.66. The number of aryl methyl sites for hydroxylation is 1. The van der Waals surface area contributed by atoms with E-state index in [4.69, 9.17) is 0 Å². The minimum Gasteiger partial charge on any atom is -0.354 e. The van der Waals surface area contributed by atoms with Crippen molar-refractivity contribution in [3.63, 3.8) is 0 Å². The van der Waals surface area contributed by atoms with Crippen molar-refractivity contribution in [1.29, 1.82) is 0 Å². The fraction of sp³-hybridized carbons (Fsp3) is 0.333. The maximum absolute atomic E-state index is 4.43. The lowest BCUT2D eigenvalue weighted by atomic mass is 10.1. The van der Waals surface area contributed by atoms with E-state index in [-0.39, 0.29) is 7.43 Å². The lowest BCUT2D eigenvalue weighted by Crippen LogP contribution is -2.25. The van der Waals surface area contributed by atoms with E-state index >= 15 is 0 Å². The van der Waals surface area contributed by atoms with Gasteiger partial charge in [-0.05, 0) is 57.6 Å². The summed E-state index contributed by atoms with van der Waals surface area (Å²) in [4.78, 5) is 18.0. The van der Waals surface area contributed by atoms with E-state index < -0.39 is 0 Å². The van der Waals surface area contributed by atoms with Crippen LogP contribution >= 0.6 is 0 Å². The van der Waals surface area contributed by atoms with Crippen molar-refractivity contribution in [2.45, 2.75) is 40.8 Å². The largest absolute Gasteiger partial charge is 0.354 e. The number of benzene rings is 1. The van der Waals surface area contributed by atoms with Gasteiger partial charge in [-0.15, -0.1) is 0 Å². The van der Waals surface area contributed by atoms with Crippen LogP contribution in [0.25, 0.3) is 33.3 Å². The molecule has 0 fully saturated rings. The lowest BCUT2D eigenvalue weighted by Gasteiger charge is -2.20. The van der Waals surface area contributed by atoms with Crippen LogP contribution in [0.2, 0.25) is 0 Å². The Balaban J connectivity index is 0.00000196. The molecule has 0 saturated carbocycles. The van der Waals surface area contributed by atoms with Gasteiger partial charge in [0.2, 0.25) is 0 Å². The minimum absolute atomic E-state index is 0. The molecule has 0 amide bonds. The average Bonchev–Trinajstić information content (AvgIpc) is 3.15. The summed E-state index contributed by atoms with van der Waals surface area (Å²) in [5.41, 5.74) is 6.39. The van der Waals surface area contributed by atoms with Crippen molar-refractivity contribution in [1.82, 2.24) is 24.8 Å². The molecule has 5 heteroatoms. The molecular weight excluding hydrogens is 322 g/mol. The first-order valence-electron chi connectivity index (χ1n) is 8.65. The zero-order valence-corrected chi connectivity index (χ0v) is 15.1. The van der Waals surface area contributed by atoms with Gasteiger partial charge >= 0.3 is 0 Å². The van der Waals surface area contributed by atoms with E-state index in [1.807, 2.05) is 19.2 Å². The molecule has 0 radical (unpaired) electrons. The Bertz CT molecular complexity index is 1040. The van der Waals surface area contributed by atoms with Crippen LogP contribution in [-0.4, -0.2) is 37.9 Å². The monoisotopic (exact) mass is 349 g/mol. The first kappa shape index (κ1) is 18.1. The normalized spacial score (nSPS) is 11.6. The summed E-state index contributed by atoms with van der Waals surface area (Å²) in [5.74, 6) is 0.880. The van der Waals surface area contributed by atoms with Gasteiger partial charge in [0, 0.05) is 40.9 Å². The second kappa shape index (κ2) is 6.92. The maximum Gasteiger partial charge on any atom is 0.178 e. The number of rotatable bonds is 4. The van der Waals surface area contributed by atoms with Gasteiger partial charge in [-0.2, -0.15) is 0 Å². The molecule has 0 aliphatic rings. The number of hydrogen-bond donors (Lipinski definition) is 2. The molecule has 4 aromatic rings. The fourth-order valence-electron chi connectivity index (χ4n) is 3.15. The molecule has 4 rings (SSSR count). The predicted octanol–water partition coefficient (Wildman–Crippen LogP) is 4.89. The first-order chi connectivity index (χ1) is 12.0. The summed E-state index contributed by atoms with van der Waals surface area (Å²) in [5, 5.41) is 1.23. The molecule has 0 aliphatic carbocycles. The van der Waals surface area contributed by atoms with Crippen LogP contribution in [0.5, 0.6) is 0 Å². The van der Waals surface area contributed by atoms with E-state index in [2.05, 4.69) is 70.0 Å². The molecular formula is C21H27N5. The number of imidazole rings is 1. The van der Waals surface area contributed by atoms with Crippen LogP contribution in [0.15, 0.2) is 36.5 Å². The molecule has 3 aromatic heterocycles. The number of pyridine rings is 1. The molecule has 0 bridgehead atoms. The highest BCUT2D eigenvalue weighted by molar-refractivity contribution is 5.94. The van der Waals surface area contributed by atoms with Crippen LogP contribution in [0.1, 0.15) is 32.7 Å². The third-order valence-corrected chi connectivity index (χ3v) is 4.80. The topological polar surface area (TPSA) is 60.6 Å². The smallest absolute Gasteiger partial charge is 0.178 e. The number of nitrogens with zero attached hydrogens (tertiary/aromatic N) is 3. The Morgan fingerprint density at radius 1 is 1.12 bits per heavy atom. The fourth-order valence-corrected chi connectivity index (χ4v) is 3.15. The van der Waals surface area contributed by atoms with Crippen LogP contribution in [0.3, 0.4) is 0 Å². The SMILES string of the molecule is C.Cc1nc2nccc(-c3cc4cc(CN(C)C(C)C)ccc4[nH]3)c2[nH]1. The second-order valence-corrected chi connectivity index (χ2v) is 6.99. The Morgan fingerprint density at radius 2 is 1.92 bits per heavy atom. The third-order valence-electron chi connectivity index (χ3n) is 4.80. The molecule has 0 aliphatic heterocycles. The number of hydrogen-bond acceptors (Lipinski definition) is 3. The highest BCUT2D eigenvalue weighted by Gasteiger charge is 2.11. The molecule has 0 unspecified atom stereocenters. The third kappa shape index (κ3) is 3.22. The van der Waals surface area contributed by atoms with E-state index in [9.17, 15) is 0 Å². The quantitative estimate of drug-likeness (QED) is 0.551. The molecule has 1 aromatic carbocycles. The molecule has 3 heterocycles. The molecule has 0 spiro atoms. The molecule has 0 atom stereocenters. The Morgan fingerprint density at radius 3 is 2.69 bits per heavy atom. The minimum atomic E-state index is 0. The van der Waals surface area contributed by atoms with Crippen molar-refractivity contribution < 1.29 is 0 Å². The number of nitrogens with one attached hydrogen (secondary N) is 2. The number of aromatic nitrogens is 4. The summed E-state index contributed by atoms with van der Waals surface area (Å²) < 4.78 is 0. The van der Waals surface area contributed by atoms with Crippen LogP contribution in [0.4, 0.5) is 0 Å². The van der Waals surface area contributed by atoms with Gasteiger partial charge in [0.1, 0.15) is 5.82 Å². The summed E-state index contributed by atoms with van der Waals surface area (Å²) in [7, 11) is 2.16. The number of fused-ring (bicyclic) bond motifs is 2. The zero-order chi connectivity index (χ0) is 17.6. The van der Waals surface area contributed by atoms with Crippen molar-refractivity contribution in [2.75, 3.05) is 7.05 Å². The van der Waals surface area contributed by atoms with Crippen LogP contribution < -0.4 is 0 Å². The first-order valence-corrected chi connectivity index (χ1v) is 8.65. The van der Waals surface area contributed by atoms with Crippen molar-refractivity contribution in [2.24, 2.45) is 0 Å². The number of H-pyrrole nitrogens is 2. The highest BCUT2D eigenvalue weighted by atomic mass is 15.1. The average molecular weight is 349 g/mol. The maximum atomic E-state index is 4.43. The predicted molar refractivity (Wildman–Crippen MR) is 109 cm³/mol. The van der Waals surface area contributed by atoms with Gasteiger partial charge in [0.25, 0.3) is 0 Å². The summed E-state index contributed by atoms with van der Waals surface area (Å²) in [6, 6.07) is 11.4. The van der Waals surface area contributed by atoms with Crippen LogP contribution in [-0.2, 0) is 6.54 Å². The van der Waals surface area contributed by atoms with Gasteiger partial charge in [-0.25, -0.2) is 9.97 Å². The molecule has 2 N–H and O–H groups in total. The molecule has 136 valence electrons. The van der Waals surface area contributed by atoms with Gasteiger partial charge in [-0.1, -0.05) is 13.5 Å². The zero-order valence-electron chi connectivity index (χ0n) is 15.1. The lowest BCUT2D eigenvalue weighted by molar-refractivity contribution is 0.266. The summed E-state index contributed by atoms with van der Waals surface area (Å²) in [6.45, 7) is 7.34. The summed E-state index contributed by atoms with van der Waals surface area (Å²) >= 11 is 0. The van der Waals surface area contributed by atoms with Gasteiger partial charge in [-0.3, -0.25) is 4.90 Å². The molecule has 5 nitrogen and oxygen atoms in total. The molecule has 0 saturated heterocycles. The van der Waals surface area contributed by atoms with E-state index in [0.717, 1.165) is 40.3 Å². The van der Waals surface area contributed by atoms with Crippen molar-refractivity contribution in [3.8, 4) is 11.3 Å². The van der Waals surface area contributed by atoms with Crippen molar-refractivity contribution >= 4 is 22.1 Å². The second-order valence-electron chi connectivity index (χ2n) is 6.99.